The van der Waals surface area contributed by atoms with Crippen LogP contribution in [0.3, 0.4) is 0 Å². The van der Waals surface area contributed by atoms with Crippen molar-refractivity contribution in [3.8, 4) is 0 Å². The number of likely N-dealkylation sites (N-methyl/N-ethyl adjacent to an activating group) is 1. The van der Waals surface area contributed by atoms with E-state index in [0.29, 0.717) is 21.4 Å². The number of hydrogen-bond donors (Lipinski definition) is 0. The fourth-order valence-electron chi connectivity index (χ4n) is 2.95. The number of halogens is 2. The van der Waals surface area contributed by atoms with Crippen LogP contribution in [0.15, 0.2) is 41.4 Å². The topological polar surface area (TPSA) is 31.7 Å². The molecule has 0 amide bonds. The second kappa shape index (κ2) is 7.31. The van der Waals surface area contributed by atoms with Crippen LogP contribution in [0.25, 0.3) is 10.2 Å². The lowest BCUT2D eigenvalue weighted by Gasteiger charge is -2.34. The molecule has 0 spiro atoms. The van der Waals surface area contributed by atoms with Crippen molar-refractivity contribution in [3.05, 3.63) is 52.8 Å². The fraction of sp³-hybridized carbons (Fsp3) is 0.263. The van der Waals surface area contributed by atoms with Crippen molar-refractivity contribution in [3.63, 3.8) is 0 Å². The minimum atomic E-state index is -0.222. The van der Waals surface area contributed by atoms with Crippen molar-refractivity contribution >= 4 is 50.2 Å². The van der Waals surface area contributed by atoms with E-state index in [1.165, 1.54) is 17.4 Å². The molecular weight excluding hydrogens is 371 g/mol. The lowest BCUT2D eigenvalue weighted by atomic mass is 10.2. The molecular formula is C19H18ClFN4S. The van der Waals surface area contributed by atoms with Crippen molar-refractivity contribution in [2.45, 2.75) is 0 Å². The van der Waals surface area contributed by atoms with E-state index in [0.717, 1.165) is 36.4 Å². The predicted molar refractivity (Wildman–Crippen MR) is 108 cm³/mol. The van der Waals surface area contributed by atoms with E-state index < -0.39 is 0 Å². The van der Waals surface area contributed by atoms with Gasteiger partial charge in [-0.1, -0.05) is 35.1 Å². The van der Waals surface area contributed by atoms with Gasteiger partial charge >= 0.3 is 0 Å². The van der Waals surface area contributed by atoms with Crippen LogP contribution >= 0.6 is 22.9 Å². The SMILES string of the molecule is CN1CCN(c2cc3sc(/N=C/c4ccc(Cl)cc4)nc3cc2F)CC1. The first-order chi connectivity index (χ1) is 12.6. The molecule has 0 saturated carbocycles. The molecule has 0 atom stereocenters. The normalized spacial score (nSPS) is 16.0. The van der Waals surface area contributed by atoms with Crippen LogP contribution in [-0.4, -0.2) is 49.3 Å². The van der Waals surface area contributed by atoms with E-state index in [9.17, 15) is 4.39 Å². The molecule has 26 heavy (non-hydrogen) atoms. The lowest BCUT2D eigenvalue weighted by molar-refractivity contribution is 0.312. The van der Waals surface area contributed by atoms with Crippen molar-refractivity contribution in [1.29, 1.82) is 0 Å². The highest BCUT2D eigenvalue weighted by Crippen LogP contribution is 2.33. The Balaban J connectivity index is 1.60. The van der Waals surface area contributed by atoms with Gasteiger partial charge in [-0.05, 0) is 30.8 Å². The highest BCUT2D eigenvalue weighted by atomic mass is 35.5. The molecule has 3 aromatic rings. The molecule has 1 fully saturated rings. The summed E-state index contributed by atoms with van der Waals surface area (Å²) in [6.07, 6.45) is 1.74. The van der Waals surface area contributed by atoms with E-state index in [-0.39, 0.29) is 5.82 Å². The Morgan fingerprint density at radius 1 is 1.15 bits per heavy atom. The zero-order valence-corrected chi connectivity index (χ0v) is 15.9. The van der Waals surface area contributed by atoms with E-state index in [1.54, 1.807) is 6.21 Å². The summed E-state index contributed by atoms with van der Waals surface area (Å²) in [6, 6.07) is 10.8. The number of rotatable bonds is 3. The van der Waals surface area contributed by atoms with Gasteiger partial charge in [-0.25, -0.2) is 14.4 Å². The van der Waals surface area contributed by atoms with E-state index in [2.05, 4.69) is 26.8 Å². The van der Waals surface area contributed by atoms with Gasteiger partial charge in [-0.3, -0.25) is 0 Å². The van der Waals surface area contributed by atoms with Crippen LogP contribution in [-0.2, 0) is 0 Å². The summed E-state index contributed by atoms with van der Waals surface area (Å²) in [5.74, 6) is -0.222. The zero-order chi connectivity index (χ0) is 18.1. The Morgan fingerprint density at radius 2 is 1.88 bits per heavy atom. The molecule has 0 aliphatic carbocycles. The first-order valence-electron chi connectivity index (χ1n) is 8.42. The Labute approximate surface area is 160 Å². The van der Waals surface area contributed by atoms with Gasteiger partial charge in [0, 0.05) is 43.5 Å². The third kappa shape index (κ3) is 3.72. The number of thiazole rings is 1. The fourth-order valence-corrected chi connectivity index (χ4v) is 3.90. The first-order valence-corrected chi connectivity index (χ1v) is 9.61. The number of nitrogens with zero attached hydrogens (tertiary/aromatic N) is 4. The monoisotopic (exact) mass is 388 g/mol. The van der Waals surface area contributed by atoms with Crippen LogP contribution < -0.4 is 4.90 Å². The van der Waals surface area contributed by atoms with Gasteiger partial charge in [0.15, 0.2) is 0 Å². The van der Waals surface area contributed by atoms with Crippen LogP contribution in [0, 0.1) is 5.82 Å². The van der Waals surface area contributed by atoms with E-state index in [1.807, 2.05) is 30.3 Å². The molecule has 2 aromatic carbocycles. The maximum absolute atomic E-state index is 14.6. The van der Waals surface area contributed by atoms with Crippen LogP contribution in [0.2, 0.25) is 5.02 Å². The van der Waals surface area contributed by atoms with Crippen molar-refractivity contribution in [1.82, 2.24) is 9.88 Å². The Morgan fingerprint density at radius 3 is 2.62 bits per heavy atom. The van der Waals surface area contributed by atoms with Gasteiger partial charge in [-0.15, -0.1) is 0 Å². The van der Waals surface area contributed by atoms with Crippen molar-refractivity contribution < 1.29 is 4.39 Å². The average Bonchev–Trinajstić information content (AvgIpc) is 3.03. The lowest BCUT2D eigenvalue weighted by Crippen LogP contribution is -2.44. The van der Waals surface area contributed by atoms with Crippen LogP contribution in [0.1, 0.15) is 5.56 Å². The van der Waals surface area contributed by atoms with Gasteiger partial charge in [-0.2, -0.15) is 0 Å². The molecule has 0 N–H and O–H groups in total. The quantitative estimate of drug-likeness (QED) is 0.615. The summed E-state index contributed by atoms with van der Waals surface area (Å²) in [5.41, 5.74) is 2.24. The van der Waals surface area contributed by atoms with Crippen molar-refractivity contribution in [2.75, 3.05) is 38.1 Å². The average molecular weight is 389 g/mol. The summed E-state index contributed by atoms with van der Waals surface area (Å²) >= 11 is 7.36. The Bertz CT molecular complexity index is 946. The molecule has 0 unspecified atom stereocenters. The molecule has 4 rings (SSSR count). The molecule has 134 valence electrons. The largest absolute Gasteiger partial charge is 0.367 e. The minimum absolute atomic E-state index is 0.222. The van der Waals surface area contributed by atoms with Crippen LogP contribution in [0.5, 0.6) is 0 Å². The second-order valence-corrected chi connectivity index (χ2v) is 7.81. The van der Waals surface area contributed by atoms with Gasteiger partial charge in [0.1, 0.15) is 5.82 Å². The number of aromatic nitrogens is 1. The standard InChI is InChI=1S/C19H18ClFN4S/c1-24-6-8-25(9-7-24)17-11-18-16(10-15(17)21)23-19(26-18)22-12-13-2-4-14(20)5-3-13/h2-5,10-12H,6-9H2,1H3/b22-12+. The molecule has 0 radical (unpaired) electrons. The smallest absolute Gasteiger partial charge is 0.210 e. The molecule has 1 aliphatic heterocycles. The number of aliphatic imine (C=N–C) groups is 1. The number of fused-ring (bicyclic) bond motifs is 1. The zero-order valence-electron chi connectivity index (χ0n) is 14.3. The number of benzene rings is 2. The highest BCUT2D eigenvalue weighted by Gasteiger charge is 2.19. The summed E-state index contributed by atoms with van der Waals surface area (Å²) in [4.78, 5) is 13.2. The van der Waals surface area contributed by atoms with Crippen molar-refractivity contribution in [2.24, 2.45) is 4.99 Å². The van der Waals surface area contributed by atoms with Gasteiger partial charge < -0.3 is 9.80 Å². The second-order valence-electron chi connectivity index (χ2n) is 6.37. The van der Waals surface area contributed by atoms with Gasteiger partial charge in [0.25, 0.3) is 0 Å². The summed E-state index contributed by atoms with van der Waals surface area (Å²) in [5, 5.41) is 1.30. The first kappa shape index (κ1) is 17.4. The molecule has 7 heteroatoms. The number of hydrogen-bond acceptors (Lipinski definition) is 5. The maximum atomic E-state index is 14.6. The number of piperazine rings is 1. The van der Waals surface area contributed by atoms with E-state index >= 15 is 0 Å². The molecule has 2 heterocycles. The predicted octanol–water partition coefficient (Wildman–Crippen LogP) is 4.59. The molecule has 1 aromatic heterocycles. The minimum Gasteiger partial charge on any atom is -0.367 e. The summed E-state index contributed by atoms with van der Waals surface area (Å²) in [7, 11) is 2.09. The number of anilines is 1. The third-order valence-corrected chi connectivity index (χ3v) is 5.66. The van der Waals surface area contributed by atoms with Crippen LogP contribution in [0.4, 0.5) is 15.2 Å². The molecule has 4 nitrogen and oxygen atoms in total. The van der Waals surface area contributed by atoms with Gasteiger partial charge in [0.2, 0.25) is 5.13 Å². The van der Waals surface area contributed by atoms with Gasteiger partial charge in [0.05, 0.1) is 15.9 Å². The molecule has 0 bridgehead atoms. The molecule has 1 aliphatic rings. The summed E-state index contributed by atoms with van der Waals surface area (Å²) < 4.78 is 15.5. The summed E-state index contributed by atoms with van der Waals surface area (Å²) in [6.45, 7) is 3.55. The Kier molecular flexibility index (Phi) is 4.89. The van der Waals surface area contributed by atoms with E-state index in [4.69, 9.17) is 11.6 Å². The highest BCUT2D eigenvalue weighted by molar-refractivity contribution is 7.22. The Hall–Kier alpha value is -2.02. The third-order valence-electron chi connectivity index (χ3n) is 4.48. The molecule has 1 saturated heterocycles. The maximum Gasteiger partial charge on any atom is 0.210 e.